The molecule has 35 heavy (non-hydrogen) atoms. The molecule has 6 rings (SSSR count). The number of rotatable bonds is 4. The molecule has 0 saturated carbocycles. The predicted octanol–water partition coefficient (Wildman–Crippen LogP) is 4.36. The molecule has 0 bridgehead atoms. The Bertz CT molecular complexity index is 1400. The molecule has 0 spiro atoms. The lowest BCUT2D eigenvalue weighted by atomic mass is 9.99. The molecule has 0 saturated heterocycles. The Kier molecular flexibility index (Phi) is 5.54. The number of carbonyl (C=O) groups is 1. The maximum Gasteiger partial charge on any atom is 0.251 e. The van der Waals surface area contributed by atoms with Crippen LogP contribution in [0.25, 0.3) is 5.70 Å². The molecule has 3 aromatic carbocycles. The van der Waals surface area contributed by atoms with Crippen LogP contribution < -0.4 is 4.90 Å². The first-order valence-corrected chi connectivity index (χ1v) is 12.0. The smallest absolute Gasteiger partial charge is 0.251 e. The number of carbonyl (C=O) groups excluding carboxylic acids is 1. The van der Waals surface area contributed by atoms with Crippen molar-refractivity contribution in [2.75, 3.05) is 18.0 Å². The van der Waals surface area contributed by atoms with Crippen molar-refractivity contribution in [2.45, 2.75) is 19.0 Å². The van der Waals surface area contributed by atoms with E-state index in [1.807, 2.05) is 70.5 Å². The molecule has 0 unspecified atom stereocenters. The van der Waals surface area contributed by atoms with Crippen molar-refractivity contribution in [2.24, 2.45) is 0 Å². The standard InChI is InChI=1S/C27H23ClN6O/c28-23-12-10-21(11-13-23)25-16-24(20-7-2-1-3-8-20)33(27-29-30-31-34(25)27)18-26(35)32-15-14-19-6-4-5-9-22(19)17-32/h1-13,16,25H,14-15,17-18H2/t25-/m1/s1. The third kappa shape index (κ3) is 4.08. The van der Waals surface area contributed by atoms with Gasteiger partial charge in [-0.3, -0.25) is 9.69 Å². The summed E-state index contributed by atoms with van der Waals surface area (Å²) in [4.78, 5) is 17.4. The van der Waals surface area contributed by atoms with Crippen LogP contribution in [0.3, 0.4) is 0 Å². The highest BCUT2D eigenvalue weighted by molar-refractivity contribution is 6.30. The van der Waals surface area contributed by atoms with Crippen LogP contribution in [-0.4, -0.2) is 44.1 Å². The van der Waals surface area contributed by atoms with Gasteiger partial charge in [-0.05, 0) is 57.3 Å². The Labute approximate surface area is 208 Å². The summed E-state index contributed by atoms with van der Waals surface area (Å²) in [5.41, 5.74) is 5.43. The van der Waals surface area contributed by atoms with Crippen molar-refractivity contribution in [3.8, 4) is 0 Å². The molecule has 2 aliphatic rings. The fourth-order valence-corrected chi connectivity index (χ4v) is 4.95. The van der Waals surface area contributed by atoms with Crippen molar-refractivity contribution in [3.63, 3.8) is 0 Å². The largest absolute Gasteiger partial charge is 0.336 e. The van der Waals surface area contributed by atoms with Gasteiger partial charge in [0.2, 0.25) is 5.91 Å². The van der Waals surface area contributed by atoms with Crippen LogP contribution in [0.5, 0.6) is 0 Å². The number of aromatic nitrogens is 4. The first-order chi connectivity index (χ1) is 17.2. The maximum absolute atomic E-state index is 13.5. The highest BCUT2D eigenvalue weighted by atomic mass is 35.5. The summed E-state index contributed by atoms with van der Waals surface area (Å²) in [7, 11) is 0. The molecule has 1 atom stereocenters. The molecule has 1 aromatic heterocycles. The van der Waals surface area contributed by atoms with Gasteiger partial charge in [-0.15, -0.1) is 0 Å². The van der Waals surface area contributed by atoms with Gasteiger partial charge in [0.1, 0.15) is 12.6 Å². The molecule has 0 N–H and O–H groups in total. The highest BCUT2D eigenvalue weighted by Crippen LogP contribution is 2.36. The van der Waals surface area contributed by atoms with Crippen molar-refractivity contribution < 1.29 is 4.79 Å². The van der Waals surface area contributed by atoms with E-state index in [0.717, 1.165) is 23.2 Å². The predicted molar refractivity (Wildman–Crippen MR) is 135 cm³/mol. The van der Waals surface area contributed by atoms with E-state index in [9.17, 15) is 4.79 Å². The first-order valence-electron chi connectivity index (χ1n) is 11.6. The van der Waals surface area contributed by atoms with Crippen LogP contribution in [-0.2, 0) is 17.8 Å². The van der Waals surface area contributed by atoms with Crippen molar-refractivity contribution in [3.05, 3.63) is 112 Å². The zero-order valence-corrected chi connectivity index (χ0v) is 19.7. The van der Waals surface area contributed by atoms with E-state index in [1.54, 1.807) is 4.68 Å². The van der Waals surface area contributed by atoms with Crippen LogP contribution in [0.4, 0.5) is 5.95 Å². The fourth-order valence-electron chi connectivity index (χ4n) is 4.82. The molecule has 174 valence electrons. The lowest BCUT2D eigenvalue weighted by Crippen LogP contribution is -2.44. The zero-order chi connectivity index (χ0) is 23.8. The lowest BCUT2D eigenvalue weighted by Gasteiger charge is -2.35. The Morgan fingerprint density at radius 1 is 0.943 bits per heavy atom. The summed E-state index contributed by atoms with van der Waals surface area (Å²) in [6, 6.07) is 25.8. The number of hydrogen-bond acceptors (Lipinski definition) is 5. The summed E-state index contributed by atoms with van der Waals surface area (Å²) in [6.45, 7) is 1.47. The Balaban J connectivity index is 1.36. The minimum atomic E-state index is -0.222. The molecular formula is C27H23ClN6O. The number of benzene rings is 3. The topological polar surface area (TPSA) is 67.2 Å². The van der Waals surface area contributed by atoms with Crippen molar-refractivity contribution >= 4 is 29.2 Å². The minimum Gasteiger partial charge on any atom is -0.336 e. The average molecular weight is 483 g/mol. The summed E-state index contributed by atoms with van der Waals surface area (Å²) in [6.07, 6.45) is 2.97. The third-order valence-electron chi connectivity index (χ3n) is 6.64. The van der Waals surface area contributed by atoms with Crippen LogP contribution in [0, 0.1) is 0 Å². The van der Waals surface area contributed by atoms with E-state index >= 15 is 0 Å². The van der Waals surface area contributed by atoms with E-state index in [0.29, 0.717) is 24.1 Å². The second-order valence-corrected chi connectivity index (χ2v) is 9.19. The molecule has 1 amide bonds. The Morgan fingerprint density at radius 3 is 2.49 bits per heavy atom. The van der Waals surface area contributed by atoms with E-state index in [2.05, 4.69) is 39.8 Å². The lowest BCUT2D eigenvalue weighted by molar-refractivity contribution is -0.130. The number of hydrogen-bond donors (Lipinski definition) is 0. The number of halogens is 1. The van der Waals surface area contributed by atoms with Gasteiger partial charge in [0.15, 0.2) is 0 Å². The second kappa shape index (κ2) is 9.00. The molecule has 4 aromatic rings. The van der Waals surface area contributed by atoms with Gasteiger partial charge >= 0.3 is 0 Å². The summed E-state index contributed by atoms with van der Waals surface area (Å²) in [5.74, 6) is 0.581. The van der Waals surface area contributed by atoms with Crippen LogP contribution in [0.2, 0.25) is 5.02 Å². The number of nitrogens with zero attached hydrogens (tertiary/aromatic N) is 6. The van der Waals surface area contributed by atoms with Crippen LogP contribution >= 0.6 is 11.6 Å². The average Bonchev–Trinajstić information content (AvgIpc) is 3.40. The van der Waals surface area contributed by atoms with Gasteiger partial charge in [-0.25, -0.2) is 0 Å². The van der Waals surface area contributed by atoms with Crippen LogP contribution in [0.15, 0.2) is 84.9 Å². The molecule has 2 aliphatic heterocycles. The number of allylic oxidation sites excluding steroid dienone is 1. The number of anilines is 1. The van der Waals surface area contributed by atoms with E-state index in [-0.39, 0.29) is 18.5 Å². The summed E-state index contributed by atoms with van der Waals surface area (Å²) in [5, 5.41) is 13.2. The van der Waals surface area contributed by atoms with Crippen molar-refractivity contribution in [1.82, 2.24) is 25.1 Å². The SMILES string of the molecule is O=C(CN1C(c2ccccc2)=C[C@H](c2ccc(Cl)cc2)n2nnnc21)N1CCc2ccccc2C1. The van der Waals surface area contributed by atoms with Gasteiger partial charge in [-0.2, -0.15) is 4.68 Å². The first kappa shape index (κ1) is 21.6. The molecule has 7 nitrogen and oxygen atoms in total. The maximum atomic E-state index is 13.5. The van der Waals surface area contributed by atoms with Gasteiger partial charge in [0.25, 0.3) is 5.95 Å². The molecule has 0 aliphatic carbocycles. The van der Waals surface area contributed by atoms with Crippen LogP contribution in [0.1, 0.15) is 28.3 Å². The fraction of sp³-hybridized carbons (Fsp3) is 0.185. The zero-order valence-electron chi connectivity index (χ0n) is 19.0. The number of tetrazole rings is 1. The second-order valence-electron chi connectivity index (χ2n) is 8.76. The van der Waals surface area contributed by atoms with Gasteiger partial charge in [0.05, 0.1) is 5.70 Å². The quantitative estimate of drug-likeness (QED) is 0.432. The van der Waals surface area contributed by atoms with E-state index in [4.69, 9.17) is 11.6 Å². The molecule has 8 heteroatoms. The Morgan fingerprint density at radius 2 is 1.69 bits per heavy atom. The van der Waals surface area contributed by atoms with Gasteiger partial charge in [0, 0.05) is 18.1 Å². The monoisotopic (exact) mass is 482 g/mol. The van der Waals surface area contributed by atoms with E-state index < -0.39 is 0 Å². The normalized spacial score (nSPS) is 16.9. The summed E-state index contributed by atoms with van der Waals surface area (Å²) >= 11 is 6.13. The third-order valence-corrected chi connectivity index (χ3v) is 6.90. The molecule has 3 heterocycles. The number of amides is 1. The molecule has 0 radical (unpaired) electrons. The van der Waals surface area contributed by atoms with E-state index in [1.165, 1.54) is 11.1 Å². The highest BCUT2D eigenvalue weighted by Gasteiger charge is 2.33. The molecular weight excluding hydrogens is 460 g/mol. The van der Waals surface area contributed by atoms with Gasteiger partial charge < -0.3 is 4.90 Å². The van der Waals surface area contributed by atoms with Gasteiger partial charge in [-0.1, -0.05) is 83.4 Å². The minimum absolute atomic E-state index is 0.0424. The Hall–Kier alpha value is -3.97. The summed E-state index contributed by atoms with van der Waals surface area (Å²) < 4.78 is 1.76. The number of fused-ring (bicyclic) bond motifs is 2. The van der Waals surface area contributed by atoms with Crippen molar-refractivity contribution in [1.29, 1.82) is 0 Å². The molecule has 0 fully saturated rings.